The van der Waals surface area contributed by atoms with Crippen LogP contribution in [0.4, 0.5) is 0 Å². The van der Waals surface area contributed by atoms with E-state index in [1.165, 1.54) is 11.1 Å². The van der Waals surface area contributed by atoms with Crippen molar-refractivity contribution >= 4 is 11.8 Å². The molecule has 0 aromatic heterocycles. The van der Waals surface area contributed by atoms with Crippen LogP contribution in [0.3, 0.4) is 0 Å². The third-order valence-electron chi connectivity index (χ3n) is 3.83. The predicted molar refractivity (Wildman–Crippen MR) is 99.4 cm³/mol. The first-order chi connectivity index (χ1) is 10.8. The minimum atomic E-state index is 0.663. The minimum absolute atomic E-state index is 0.663. The fourth-order valence-electron chi connectivity index (χ4n) is 2.39. The standard InChI is InChI=1S/C20H27NS/c1-17(2)20(22-16-19-11-7-4-8-12-19)15-21-14-13-18-9-5-3-6-10-18/h3-12,17,20-21H,13-16H2,1-2H3. The highest BCUT2D eigenvalue weighted by atomic mass is 32.2. The van der Waals surface area contributed by atoms with Crippen molar-refractivity contribution in [2.24, 2.45) is 5.92 Å². The van der Waals surface area contributed by atoms with Crippen LogP contribution in [0.5, 0.6) is 0 Å². The number of rotatable bonds is 9. The zero-order valence-corrected chi connectivity index (χ0v) is 14.5. The van der Waals surface area contributed by atoms with Gasteiger partial charge in [0, 0.05) is 17.5 Å². The molecule has 2 heteroatoms. The summed E-state index contributed by atoms with van der Waals surface area (Å²) in [4.78, 5) is 0. The highest BCUT2D eigenvalue weighted by Gasteiger charge is 2.13. The fraction of sp³-hybridized carbons (Fsp3) is 0.400. The Labute approximate surface area is 139 Å². The Balaban J connectivity index is 1.70. The zero-order valence-electron chi connectivity index (χ0n) is 13.7. The van der Waals surface area contributed by atoms with Gasteiger partial charge in [0.15, 0.2) is 0 Å². The van der Waals surface area contributed by atoms with E-state index in [4.69, 9.17) is 0 Å². The van der Waals surface area contributed by atoms with Gasteiger partial charge < -0.3 is 5.32 Å². The predicted octanol–water partition coefficient (Wildman–Crippen LogP) is 4.78. The molecular formula is C20H27NS. The lowest BCUT2D eigenvalue weighted by molar-refractivity contribution is 0.554. The van der Waals surface area contributed by atoms with Crippen molar-refractivity contribution in [3.63, 3.8) is 0 Å². The summed E-state index contributed by atoms with van der Waals surface area (Å²) in [6.45, 7) is 6.78. The van der Waals surface area contributed by atoms with Gasteiger partial charge in [0.1, 0.15) is 0 Å². The molecule has 0 amide bonds. The van der Waals surface area contributed by atoms with Gasteiger partial charge >= 0.3 is 0 Å². The molecule has 0 saturated carbocycles. The van der Waals surface area contributed by atoms with Crippen molar-refractivity contribution in [3.05, 3.63) is 71.8 Å². The lowest BCUT2D eigenvalue weighted by Crippen LogP contribution is -2.30. The average molecular weight is 314 g/mol. The second kappa shape index (κ2) is 9.70. The van der Waals surface area contributed by atoms with Crippen LogP contribution in [-0.2, 0) is 12.2 Å². The van der Waals surface area contributed by atoms with E-state index in [1.54, 1.807) is 0 Å². The fourth-order valence-corrected chi connectivity index (χ4v) is 3.61. The summed E-state index contributed by atoms with van der Waals surface area (Å²) in [5.41, 5.74) is 2.83. The highest BCUT2D eigenvalue weighted by Crippen LogP contribution is 2.23. The normalized spacial score (nSPS) is 12.5. The van der Waals surface area contributed by atoms with Gasteiger partial charge in [-0.05, 0) is 30.0 Å². The molecule has 0 aliphatic heterocycles. The molecular weight excluding hydrogens is 286 g/mol. The summed E-state index contributed by atoms with van der Waals surface area (Å²) in [7, 11) is 0. The van der Waals surface area contributed by atoms with Crippen LogP contribution in [0.25, 0.3) is 0 Å². The van der Waals surface area contributed by atoms with Gasteiger partial charge in [0.25, 0.3) is 0 Å². The summed E-state index contributed by atoms with van der Waals surface area (Å²) in [5, 5.41) is 4.29. The Morgan fingerprint density at radius 2 is 1.45 bits per heavy atom. The van der Waals surface area contributed by atoms with Crippen molar-refractivity contribution in [1.29, 1.82) is 0 Å². The van der Waals surface area contributed by atoms with Crippen LogP contribution in [0, 0.1) is 5.92 Å². The van der Waals surface area contributed by atoms with Crippen molar-refractivity contribution in [2.45, 2.75) is 31.3 Å². The van der Waals surface area contributed by atoms with Crippen molar-refractivity contribution < 1.29 is 0 Å². The molecule has 2 aromatic rings. The summed E-state index contributed by atoms with van der Waals surface area (Å²) in [5.74, 6) is 1.79. The van der Waals surface area contributed by atoms with E-state index in [0.717, 1.165) is 25.3 Å². The summed E-state index contributed by atoms with van der Waals surface area (Å²) < 4.78 is 0. The Morgan fingerprint density at radius 3 is 2.05 bits per heavy atom. The molecule has 118 valence electrons. The Kier molecular flexibility index (Phi) is 7.55. The molecule has 0 aliphatic carbocycles. The molecule has 2 rings (SSSR count). The summed E-state index contributed by atoms with van der Waals surface area (Å²) in [6, 6.07) is 21.5. The second-order valence-corrected chi connectivity index (χ2v) is 7.25. The van der Waals surface area contributed by atoms with E-state index >= 15 is 0 Å². The summed E-state index contributed by atoms with van der Waals surface area (Å²) >= 11 is 2.07. The lowest BCUT2D eigenvalue weighted by atomic mass is 10.1. The quantitative estimate of drug-likeness (QED) is 0.669. The Hall–Kier alpha value is -1.25. The van der Waals surface area contributed by atoms with Gasteiger partial charge in [-0.25, -0.2) is 0 Å². The molecule has 0 bridgehead atoms. The van der Waals surface area contributed by atoms with Crippen molar-refractivity contribution in [3.8, 4) is 0 Å². The van der Waals surface area contributed by atoms with Crippen LogP contribution in [0.15, 0.2) is 60.7 Å². The van der Waals surface area contributed by atoms with E-state index < -0.39 is 0 Å². The van der Waals surface area contributed by atoms with Crippen molar-refractivity contribution in [1.82, 2.24) is 5.32 Å². The number of benzene rings is 2. The highest BCUT2D eigenvalue weighted by molar-refractivity contribution is 7.99. The topological polar surface area (TPSA) is 12.0 Å². The Bertz CT molecular complexity index is 510. The van der Waals surface area contributed by atoms with E-state index in [1.807, 2.05) is 0 Å². The maximum atomic E-state index is 3.63. The molecule has 2 aromatic carbocycles. The molecule has 1 unspecified atom stereocenters. The van der Waals surface area contributed by atoms with Crippen LogP contribution < -0.4 is 5.32 Å². The maximum absolute atomic E-state index is 3.63. The molecule has 0 aliphatic rings. The first-order valence-corrected chi connectivity index (χ1v) is 9.20. The molecule has 1 atom stereocenters. The first-order valence-electron chi connectivity index (χ1n) is 8.16. The lowest BCUT2D eigenvalue weighted by Gasteiger charge is -2.21. The SMILES string of the molecule is CC(C)C(CNCCc1ccccc1)SCc1ccccc1. The monoisotopic (exact) mass is 313 g/mol. The number of thioether (sulfide) groups is 1. The number of hydrogen-bond donors (Lipinski definition) is 1. The van der Waals surface area contributed by atoms with Gasteiger partial charge in [-0.3, -0.25) is 0 Å². The van der Waals surface area contributed by atoms with Gasteiger partial charge in [0.05, 0.1) is 0 Å². The van der Waals surface area contributed by atoms with Gasteiger partial charge in [-0.1, -0.05) is 74.5 Å². The molecule has 1 nitrogen and oxygen atoms in total. The smallest absolute Gasteiger partial charge is 0.0198 e. The van der Waals surface area contributed by atoms with Crippen LogP contribution >= 0.6 is 11.8 Å². The Morgan fingerprint density at radius 1 is 0.864 bits per heavy atom. The van der Waals surface area contributed by atoms with Crippen LogP contribution in [-0.4, -0.2) is 18.3 Å². The molecule has 0 heterocycles. The van der Waals surface area contributed by atoms with Gasteiger partial charge in [-0.15, -0.1) is 0 Å². The van der Waals surface area contributed by atoms with Crippen molar-refractivity contribution in [2.75, 3.05) is 13.1 Å². The van der Waals surface area contributed by atoms with E-state index in [0.29, 0.717) is 11.2 Å². The largest absolute Gasteiger partial charge is 0.315 e. The molecule has 1 N–H and O–H groups in total. The molecule has 22 heavy (non-hydrogen) atoms. The number of nitrogens with one attached hydrogen (secondary N) is 1. The minimum Gasteiger partial charge on any atom is -0.315 e. The van der Waals surface area contributed by atoms with Crippen LogP contribution in [0.2, 0.25) is 0 Å². The molecule has 0 fully saturated rings. The van der Waals surface area contributed by atoms with E-state index in [2.05, 4.69) is 91.6 Å². The first kappa shape index (κ1) is 17.1. The number of hydrogen-bond acceptors (Lipinski definition) is 2. The van der Waals surface area contributed by atoms with E-state index in [9.17, 15) is 0 Å². The van der Waals surface area contributed by atoms with Gasteiger partial charge in [-0.2, -0.15) is 11.8 Å². The third kappa shape index (κ3) is 6.25. The molecule has 0 radical (unpaired) electrons. The average Bonchev–Trinajstić information content (AvgIpc) is 2.55. The zero-order chi connectivity index (χ0) is 15.6. The van der Waals surface area contributed by atoms with Gasteiger partial charge in [0.2, 0.25) is 0 Å². The van der Waals surface area contributed by atoms with Crippen LogP contribution in [0.1, 0.15) is 25.0 Å². The second-order valence-electron chi connectivity index (χ2n) is 6.02. The maximum Gasteiger partial charge on any atom is 0.0198 e. The van der Waals surface area contributed by atoms with E-state index in [-0.39, 0.29) is 0 Å². The third-order valence-corrected chi connectivity index (χ3v) is 5.47. The summed E-state index contributed by atoms with van der Waals surface area (Å²) in [6.07, 6.45) is 1.11. The molecule has 0 saturated heterocycles. The molecule has 0 spiro atoms.